The van der Waals surface area contributed by atoms with Gasteiger partial charge in [0, 0.05) is 5.39 Å². The summed E-state index contributed by atoms with van der Waals surface area (Å²) in [5.74, 6) is -0.0458. The van der Waals surface area contributed by atoms with Crippen molar-refractivity contribution in [1.29, 1.82) is 0 Å². The standard InChI is InChI=1S/C21H23N3O3/c25-21(14-18-17-8-4-5-9-20(17)27-23-18)22-19(16-6-2-1-3-7-16)15-24-10-12-26-13-11-24/h1-9,19H,10-15H2,(H,22,25)/p+1/t19-/m0/s1. The summed E-state index contributed by atoms with van der Waals surface area (Å²) in [6.45, 7) is 4.32. The number of hydrogen-bond acceptors (Lipinski definition) is 4. The summed E-state index contributed by atoms with van der Waals surface area (Å²) in [5.41, 5.74) is 2.50. The molecular formula is C21H24N3O3+. The molecule has 2 N–H and O–H groups in total. The Morgan fingerprint density at radius 3 is 2.63 bits per heavy atom. The number of rotatable bonds is 6. The first-order valence-corrected chi connectivity index (χ1v) is 9.38. The van der Waals surface area contributed by atoms with Crippen LogP contribution in [-0.2, 0) is 16.0 Å². The summed E-state index contributed by atoms with van der Waals surface area (Å²) in [6, 6.07) is 17.7. The maximum atomic E-state index is 12.8. The molecule has 0 unspecified atom stereocenters. The Labute approximate surface area is 158 Å². The van der Waals surface area contributed by atoms with Gasteiger partial charge in [-0.15, -0.1) is 0 Å². The van der Waals surface area contributed by atoms with Gasteiger partial charge >= 0.3 is 0 Å². The van der Waals surface area contributed by atoms with Crippen LogP contribution in [0.4, 0.5) is 0 Å². The Kier molecular flexibility index (Phi) is 5.46. The lowest BCUT2D eigenvalue weighted by molar-refractivity contribution is -0.909. The highest BCUT2D eigenvalue weighted by molar-refractivity contribution is 5.86. The number of morpholine rings is 1. The molecule has 2 aromatic carbocycles. The van der Waals surface area contributed by atoms with Crippen molar-refractivity contribution in [3.8, 4) is 0 Å². The lowest BCUT2D eigenvalue weighted by Crippen LogP contribution is -3.14. The van der Waals surface area contributed by atoms with Gasteiger partial charge < -0.3 is 19.5 Å². The van der Waals surface area contributed by atoms with E-state index in [1.54, 1.807) is 0 Å². The number of benzene rings is 2. The average Bonchev–Trinajstić information content (AvgIpc) is 3.12. The third-order valence-corrected chi connectivity index (χ3v) is 5.01. The maximum Gasteiger partial charge on any atom is 0.226 e. The van der Waals surface area contributed by atoms with E-state index in [9.17, 15) is 4.79 Å². The Balaban J connectivity index is 1.47. The van der Waals surface area contributed by atoms with Crippen LogP contribution in [-0.4, -0.2) is 43.9 Å². The minimum Gasteiger partial charge on any atom is -0.370 e. The molecule has 2 heterocycles. The fraction of sp³-hybridized carbons (Fsp3) is 0.333. The predicted molar refractivity (Wildman–Crippen MR) is 101 cm³/mol. The average molecular weight is 366 g/mol. The molecule has 0 aliphatic carbocycles. The number of hydrogen-bond donors (Lipinski definition) is 2. The van der Waals surface area contributed by atoms with Gasteiger partial charge in [-0.2, -0.15) is 0 Å². The molecule has 6 nitrogen and oxygen atoms in total. The van der Waals surface area contributed by atoms with Gasteiger partial charge in [-0.05, 0) is 17.7 Å². The van der Waals surface area contributed by atoms with Gasteiger partial charge in [0.15, 0.2) is 5.58 Å². The Morgan fingerprint density at radius 1 is 1.07 bits per heavy atom. The highest BCUT2D eigenvalue weighted by atomic mass is 16.5. The quantitative estimate of drug-likeness (QED) is 0.687. The molecule has 1 fully saturated rings. The monoisotopic (exact) mass is 366 g/mol. The van der Waals surface area contributed by atoms with Gasteiger partial charge in [0.05, 0.1) is 19.6 Å². The van der Waals surface area contributed by atoms with Crippen LogP contribution >= 0.6 is 0 Å². The minimum absolute atomic E-state index is 0.0371. The summed E-state index contributed by atoms with van der Waals surface area (Å²) >= 11 is 0. The van der Waals surface area contributed by atoms with Gasteiger partial charge in [0.25, 0.3) is 0 Å². The lowest BCUT2D eigenvalue weighted by Gasteiger charge is -2.28. The molecule has 1 aromatic heterocycles. The van der Waals surface area contributed by atoms with Crippen LogP contribution in [0.5, 0.6) is 0 Å². The van der Waals surface area contributed by atoms with Gasteiger partial charge in [0.1, 0.15) is 31.4 Å². The molecule has 4 rings (SSSR count). The van der Waals surface area contributed by atoms with Gasteiger partial charge in [-0.1, -0.05) is 47.6 Å². The normalized spacial score (nSPS) is 16.3. The van der Waals surface area contributed by atoms with Crippen molar-refractivity contribution in [3.05, 3.63) is 65.9 Å². The highest BCUT2D eigenvalue weighted by Crippen LogP contribution is 2.18. The largest absolute Gasteiger partial charge is 0.370 e. The number of amides is 1. The van der Waals surface area contributed by atoms with Crippen LogP contribution in [0, 0.1) is 0 Å². The van der Waals surface area contributed by atoms with E-state index in [0.717, 1.165) is 43.8 Å². The summed E-state index contributed by atoms with van der Waals surface area (Å²) in [6.07, 6.45) is 0.207. The van der Waals surface area contributed by atoms with Crippen molar-refractivity contribution in [2.75, 3.05) is 32.8 Å². The van der Waals surface area contributed by atoms with Gasteiger partial charge in [-0.3, -0.25) is 4.79 Å². The zero-order valence-corrected chi connectivity index (χ0v) is 15.2. The van der Waals surface area contributed by atoms with E-state index in [0.29, 0.717) is 11.3 Å². The number of nitrogens with one attached hydrogen (secondary N) is 2. The Hall–Kier alpha value is -2.70. The second-order valence-electron chi connectivity index (χ2n) is 6.90. The van der Waals surface area contributed by atoms with Crippen LogP contribution < -0.4 is 10.2 Å². The van der Waals surface area contributed by atoms with E-state index in [2.05, 4.69) is 22.6 Å². The molecule has 0 spiro atoms. The lowest BCUT2D eigenvalue weighted by atomic mass is 10.1. The molecule has 1 amide bonds. The first-order chi connectivity index (χ1) is 13.3. The van der Waals surface area contributed by atoms with Crippen LogP contribution in [0.1, 0.15) is 17.3 Å². The molecule has 27 heavy (non-hydrogen) atoms. The second-order valence-corrected chi connectivity index (χ2v) is 6.90. The minimum atomic E-state index is -0.0458. The summed E-state index contributed by atoms with van der Waals surface area (Å²) in [7, 11) is 0. The fourth-order valence-corrected chi connectivity index (χ4v) is 3.55. The predicted octanol–water partition coefficient (Wildman–Crippen LogP) is 1.14. The van der Waals surface area contributed by atoms with Crippen molar-refractivity contribution in [3.63, 3.8) is 0 Å². The van der Waals surface area contributed by atoms with Crippen molar-refractivity contribution in [2.24, 2.45) is 0 Å². The first-order valence-electron chi connectivity index (χ1n) is 9.38. The fourth-order valence-electron chi connectivity index (χ4n) is 3.55. The number of carbonyl (C=O) groups excluding carboxylic acids is 1. The van der Waals surface area contributed by atoms with Crippen molar-refractivity contribution in [2.45, 2.75) is 12.5 Å². The third kappa shape index (κ3) is 4.35. The molecule has 1 aliphatic rings. The number of quaternary nitrogens is 1. The molecule has 0 saturated carbocycles. The second kappa shape index (κ2) is 8.33. The summed E-state index contributed by atoms with van der Waals surface area (Å²) in [5, 5.41) is 8.17. The molecule has 0 bridgehead atoms. The van der Waals surface area contributed by atoms with E-state index in [1.807, 2.05) is 42.5 Å². The zero-order valence-electron chi connectivity index (χ0n) is 15.2. The molecule has 0 radical (unpaired) electrons. The SMILES string of the molecule is O=C(Cc1noc2ccccc12)N[C@@H](C[NH+]1CCOCC1)c1ccccc1. The van der Waals surface area contributed by atoms with Crippen molar-refractivity contribution >= 4 is 16.9 Å². The summed E-state index contributed by atoms with van der Waals surface area (Å²) in [4.78, 5) is 14.2. The van der Waals surface area contributed by atoms with E-state index >= 15 is 0 Å². The Morgan fingerprint density at radius 2 is 1.81 bits per heavy atom. The van der Waals surface area contributed by atoms with E-state index in [4.69, 9.17) is 9.26 Å². The van der Waals surface area contributed by atoms with E-state index in [-0.39, 0.29) is 18.4 Å². The van der Waals surface area contributed by atoms with E-state index < -0.39 is 0 Å². The first kappa shape index (κ1) is 17.7. The van der Waals surface area contributed by atoms with Crippen LogP contribution in [0.3, 0.4) is 0 Å². The highest BCUT2D eigenvalue weighted by Gasteiger charge is 2.23. The van der Waals surface area contributed by atoms with Gasteiger partial charge in [-0.25, -0.2) is 0 Å². The molecule has 1 atom stereocenters. The van der Waals surface area contributed by atoms with Crippen molar-refractivity contribution in [1.82, 2.24) is 10.5 Å². The molecule has 6 heteroatoms. The maximum absolute atomic E-state index is 12.8. The van der Waals surface area contributed by atoms with E-state index in [1.165, 1.54) is 4.90 Å². The Bertz CT molecular complexity index is 888. The van der Waals surface area contributed by atoms with Crippen LogP contribution in [0.15, 0.2) is 59.1 Å². The topological polar surface area (TPSA) is 68.8 Å². The number of carbonyl (C=O) groups is 1. The summed E-state index contributed by atoms with van der Waals surface area (Å²) < 4.78 is 10.8. The van der Waals surface area contributed by atoms with Crippen molar-refractivity contribution < 1.29 is 19.0 Å². The van der Waals surface area contributed by atoms with Crippen LogP contribution in [0.25, 0.3) is 11.0 Å². The number of para-hydroxylation sites is 1. The number of ether oxygens (including phenoxy) is 1. The molecule has 3 aromatic rings. The molecule has 1 aliphatic heterocycles. The molecule has 140 valence electrons. The molecular weight excluding hydrogens is 342 g/mol. The number of nitrogens with zero attached hydrogens (tertiary/aromatic N) is 1. The number of fused-ring (bicyclic) bond motifs is 1. The van der Waals surface area contributed by atoms with Crippen LogP contribution in [0.2, 0.25) is 0 Å². The molecule has 1 saturated heterocycles. The smallest absolute Gasteiger partial charge is 0.226 e. The zero-order chi connectivity index (χ0) is 18.5. The third-order valence-electron chi connectivity index (χ3n) is 5.01. The van der Waals surface area contributed by atoms with Gasteiger partial charge in [0.2, 0.25) is 5.91 Å². The number of aromatic nitrogens is 1.